The molecule has 0 N–H and O–H groups in total. The monoisotopic (exact) mass is 558 g/mol. The fourth-order valence-electron chi connectivity index (χ4n) is 10.1. The van der Waals surface area contributed by atoms with Crippen LogP contribution in [-0.4, -0.2) is 27.6 Å². The zero-order valence-electron chi connectivity index (χ0n) is 24.9. The van der Waals surface area contributed by atoms with Crippen molar-refractivity contribution < 1.29 is 22.1 Å². The van der Waals surface area contributed by atoms with Gasteiger partial charge in [-0.2, -0.15) is 8.42 Å². The number of esters is 1. The van der Waals surface area contributed by atoms with Crippen LogP contribution >= 0.6 is 0 Å². The third-order valence-electron chi connectivity index (χ3n) is 12.3. The second-order valence-electron chi connectivity index (χ2n) is 14.3. The number of benzene rings is 1. The Morgan fingerprint density at radius 1 is 0.974 bits per heavy atom. The van der Waals surface area contributed by atoms with Crippen molar-refractivity contribution in [1.29, 1.82) is 0 Å². The molecule has 0 spiro atoms. The maximum absolute atomic E-state index is 13.6. The highest BCUT2D eigenvalue weighted by Gasteiger charge is 2.63. The molecule has 0 saturated heterocycles. The van der Waals surface area contributed by atoms with E-state index in [0.717, 1.165) is 24.8 Å². The highest BCUT2D eigenvalue weighted by atomic mass is 32.2. The molecule has 0 bridgehead atoms. The number of ether oxygens (including phenoxy) is 1. The number of methoxy groups -OCH3 is 1. The fourth-order valence-corrected chi connectivity index (χ4v) is 11.2. The molecule has 5 nitrogen and oxygen atoms in total. The quantitative estimate of drug-likeness (QED) is 0.255. The first-order chi connectivity index (χ1) is 18.4. The molecule has 4 fully saturated rings. The molecule has 0 amide bonds. The Kier molecular flexibility index (Phi) is 8.04. The van der Waals surface area contributed by atoms with Gasteiger partial charge < -0.3 is 4.74 Å². The third kappa shape index (κ3) is 5.22. The SMILES string of the molecule is COC(=O)CC[C@@H](C)[C@H]1CC[C@H]2[C@@H]3C[C@H](OS(=O)(=O)c4ccc(C)cc4)[C@@H]4C[C@H](C)CC[C@]4(C)[C@H]3CC[C@]12C. The molecule has 0 radical (unpaired) electrons. The van der Waals surface area contributed by atoms with Crippen molar-refractivity contribution in [3.63, 3.8) is 0 Å². The lowest BCUT2D eigenvalue weighted by molar-refractivity contribution is -0.158. The average molecular weight is 559 g/mol. The van der Waals surface area contributed by atoms with Crippen molar-refractivity contribution in [3.8, 4) is 0 Å². The van der Waals surface area contributed by atoms with E-state index in [4.69, 9.17) is 8.92 Å². The number of aryl methyl sites for hydroxylation is 1. The van der Waals surface area contributed by atoms with Gasteiger partial charge in [0.25, 0.3) is 10.1 Å². The summed E-state index contributed by atoms with van der Waals surface area (Å²) in [4.78, 5) is 12.1. The van der Waals surface area contributed by atoms with Crippen molar-refractivity contribution in [2.45, 2.75) is 110 Å². The Morgan fingerprint density at radius 2 is 1.64 bits per heavy atom. The predicted molar refractivity (Wildman–Crippen MR) is 153 cm³/mol. The van der Waals surface area contributed by atoms with Crippen molar-refractivity contribution in [2.24, 2.45) is 52.3 Å². The largest absolute Gasteiger partial charge is 0.469 e. The van der Waals surface area contributed by atoms with Crippen LogP contribution in [0.15, 0.2) is 29.2 Å². The molecule has 39 heavy (non-hydrogen) atoms. The van der Waals surface area contributed by atoms with Crippen molar-refractivity contribution >= 4 is 16.1 Å². The lowest BCUT2D eigenvalue weighted by Crippen LogP contribution is -2.58. The van der Waals surface area contributed by atoms with Crippen LogP contribution in [-0.2, 0) is 23.8 Å². The normalized spacial score (nSPS) is 40.7. The lowest BCUT2D eigenvalue weighted by atomic mass is 9.43. The van der Waals surface area contributed by atoms with E-state index in [2.05, 4.69) is 27.7 Å². The summed E-state index contributed by atoms with van der Waals surface area (Å²) in [5, 5.41) is 0. The summed E-state index contributed by atoms with van der Waals surface area (Å²) in [6.07, 6.45) is 10.3. The Morgan fingerprint density at radius 3 is 2.33 bits per heavy atom. The molecule has 0 aliphatic heterocycles. The number of hydrogen-bond acceptors (Lipinski definition) is 5. The van der Waals surface area contributed by atoms with E-state index in [1.54, 1.807) is 12.1 Å². The average Bonchev–Trinajstić information content (AvgIpc) is 3.25. The van der Waals surface area contributed by atoms with Gasteiger partial charge in [-0.15, -0.1) is 0 Å². The van der Waals surface area contributed by atoms with Crippen molar-refractivity contribution in [1.82, 2.24) is 0 Å². The molecule has 0 aromatic heterocycles. The molecule has 4 aliphatic carbocycles. The number of hydrogen-bond donors (Lipinski definition) is 0. The van der Waals surface area contributed by atoms with Crippen LogP contribution in [0.25, 0.3) is 0 Å². The van der Waals surface area contributed by atoms with Crippen LogP contribution in [0.5, 0.6) is 0 Å². The summed E-state index contributed by atoms with van der Waals surface area (Å²) in [5.74, 6) is 3.57. The van der Waals surface area contributed by atoms with Gasteiger partial charge in [-0.05, 0) is 123 Å². The van der Waals surface area contributed by atoms with Gasteiger partial charge in [0.15, 0.2) is 0 Å². The second-order valence-corrected chi connectivity index (χ2v) is 15.9. The minimum absolute atomic E-state index is 0.113. The Bertz CT molecular complexity index is 1150. The maximum Gasteiger partial charge on any atom is 0.305 e. The first kappa shape index (κ1) is 29.1. The van der Waals surface area contributed by atoms with E-state index in [9.17, 15) is 13.2 Å². The predicted octanol–water partition coefficient (Wildman–Crippen LogP) is 7.56. The Hall–Kier alpha value is -1.40. The Labute approximate surface area is 236 Å². The molecule has 218 valence electrons. The topological polar surface area (TPSA) is 69.7 Å². The summed E-state index contributed by atoms with van der Waals surface area (Å²) in [6, 6.07) is 7.08. The fraction of sp³-hybridized carbons (Fsp3) is 0.788. The van der Waals surface area contributed by atoms with Gasteiger partial charge in [0.2, 0.25) is 0 Å². The van der Waals surface area contributed by atoms with E-state index >= 15 is 0 Å². The molecule has 0 unspecified atom stereocenters. The first-order valence-electron chi connectivity index (χ1n) is 15.5. The van der Waals surface area contributed by atoms with Crippen molar-refractivity contribution in [2.75, 3.05) is 7.11 Å². The molecule has 1 aromatic rings. The number of carbonyl (C=O) groups is 1. The summed E-state index contributed by atoms with van der Waals surface area (Å²) >= 11 is 0. The summed E-state index contributed by atoms with van der Waals surface area (Å²) in [5.41, 5.74) is 1.40. The minimum atomic E-state index is -3.83. The van der Waals surface area contributed by atoms with Crippen LogP contribution in [0, 0.1) is 59.2 Å². The van der Waals surface area contributed by atoms with Crippen LogP contribution in [0.3, 0.4) is 0 Å². The molecule has 4 saturated carbocycles. The smallest absolute Gasteiger partial charge is 0.305 e. The maximum atomic E-state index is 13.6. The van der Waals surface area contributed by atoms with Crippen LogP contribution in [0.2, 0.25) is 0 Å². The molecule has 0 heterocycles. The summed E-state index contributed by atoms with van der Waals surface area (Å²) < 4.78 is 38.3. The van der Waals surface area contributed by atoms with Gasteiger partial charge in [-0.25, -0.2) is 0 Å². The number of fused-ring (bicyclic) bond motifs is 5. The highest BCUT2D eigenvalue weighted by molar-refractivity contribution is 7.86. The van der Waals surface area contributed by atoms with Gasteiger partial charge in [0.1, 0.15) is 0 Å². The molecule has 6 heteroatoms. The van der Waals surface area contributed by atoms with Crippen LogP contribution in [0.1, 0.15) is 97.5 Å². The summed E-state index contributed by atoms with van der Waals surface area (Å²) in [6.45, 7) is 11.6. The molecule has 1 aromatic carbocycles. The molecular weight excluding hydrogens is 508 g/mol. The van der Waals surface area contributed by atoms with Crippen LogP contribution < -0.4 is 0 Å². The van der Waals surface area contributed by atoms with E-state index in [-0.39, 0.29) is 33.7 Å². The zero-order chi connectivity index (χ0) is 28.2. The zero-order valence-corrected chi connectivity index (χ0v) is 25.8. The lowest BCUT2D eigenvalue weighted by Gasteiger charge is -2.63. The highest BCUT2D eigenvalue weighted by Crippen LogP contribution is 2.69. The van der Waals surface area contributed by atoms with Gasteiger partial charge >= 0.3 is 5.97 Å². The Balaban J connectivity index is 1.42. The molecular formula is C33H50O5S. The van der Waals surface area contributed by atoms with Gasteiger partial charge in [0.05, 0.1) is 18.1 Å². The second kappa shape index (κ2) is 10.8. The van der Waals surface area contributed by atoms with E-state index in [1.807, 2.05) is 19.1 Å². The van der Waals surface area contributed by atoms with E-state index in [0.29, 0.717) is 41.9 Å². The molecule has 4 aliphatic rings. The molecule has 5 rings (SSSR count). The van der Waals surface area contributed by atoms with Gasteiger partial charge in [-0.1, -0.05) is 51.8 Å². The minimum Gasteiger partial charge on any atom is -0.469 e. The van der Waals surface area contributed by atoms with Crippen LogP contribution in [0.4, 0.5) is 0 Å². The third-order valence-corrected chi connectivity index (χ3v) is 13.6. The summed E-state index contributed by atoms with van der Waals surface area (Å²) in [7, 11) is -2.36. The van der Waals surface area contributed by atoms with Gasteiger partial charge in [0, 0.05) is 6.42 Å². The van der Waals surface area contributed by atoms with Crippen molar-refractivity contribution in [3.05, 3.63) is 29.8 Å². The standard InChI is InChI=1S/C33H50O5S/c1-21-7-10-24(11-8-21)39(35,36)38-30-20-25-27-13-12-26(23(3)9-14-31(34)37-6)32(27,4)18-16-28(25)33(5)17-15-22(2)19-29(30)33/h7-8,10-11,22-23,25-30H,9,12-20H2,1-6H3/t22-,23-,25+,26-,27+,28+,29+,30+,32-,33-/m1/s1. The van der Waals surface area contributed by atoms with E-state index in [1.165, 1.54) is 45.6 Å². The van der Waals surface area contributed by atoms with E-state index < -0.39 is 10.1 Å². The number of carbonyl (C=O) groups excluding carboxylic acids is 1. The van der Waals surface area contributed by atoms with Gasteiger partial charge in [-0.3, -0.25) is 8.98 Å². The molecule has 10 atom stereocenters. The number of rotatable bonds is 7. The first-order valence-corrected chi connectivity index (χ1v) is 16.9.